The van der Waals surface area contributed by atoms with Gasteiger partial charge in [-0.1, -0.05) is 0 Å². The minimum atomic E-state index is -2.00. The minimum Gasteiger partial charge on any atom is -0.394 e. The Balaban J connectivity index is 4.35. The number of aliphatic hydroxyl groups is 6. The van der Waals surface area contributed by atoms with E-state index in [1.807, 2.05) is 0 Å². The van der Waals surface area contributed by atoms with Gasteiger partial charge in [0, 0.05) is 4.92 Å². The quantitative estimate of drug-likeness (QED) is 0.194. The number of nitro groups is 1. The Hall–Kier alpha value is -0.840. The molecule has 0 saturated heterocycles. The van der Waals surface area contributed by atoms with E-state index in [1.54, 1.807) is 0 Å². The van der Waals surface area contributed by atoms with Crippen molar-refractivity contribution in [3.05, 3.63) is 10.1 Å². The van der Waals surface area contributed by atoms with Crippen LogP contribution >= 0.6 is 0 Å². The number of nitrogens with zero attached hydrogens (tertiary/aromatic N) is 1. The van der Waals surface area contributed by atoms with Crippen molar-refractivity contribution in [2.75, 3.05) is 13.2 Å². The molecule has 0 aliphatic rings. The molecule has 0 amide bonds. The van der Waals surface area contributed by atoms with Crippen LogP contribution in [0.4, 0.5) is 0 Å². The summed E-state index contributed by atoms with van der Waals surface area (Å²) in [6.07, 6.45) is -9.52. The summed E-state index contributed by atoms with van der Waals surface area (Å²) in [5.41, 5.74) is 0. The molecule has 16 heavy (non-hydrogen) atoms. The van der Waals surface area contributed by atoms with Gasteiger partial charge in [-0.15, -0.1) is 0 Å². The van der Waals surface area contributed by atoms with Gasteiger partial charge < -0.3 is 30.6 Å². The molecule has 0 saturated carbocycles. The molecule has 0 heterocycles. The van der Waals surface area contributed by atoms with Crippen LogP contribution in [0.25, 0.3) is 0 Å². The van der Waals surface area contributed by atoms with Gasteiger partial charge in [-0.3, -0.25) is 10.1 Å². The summed E-state index contributed by atoms with van der Waals surface area (Å²) >= 11 is 0. The summed E-state index contributed by atoms with van der Waals surface area (Å²) in [7, 11) is 0. The second-order valence-corrected chi connectivity index (χ2v) is 3.30. The van der Waals surface area contributed by atoms with Crippen molar-refractivity contribution in [2.24, 2.45) is 0 Å². The Morgan fingerprint density at radius 3 is 1.75 bits per heavy atom. The Morgan fingerprint density at radius 1 is 0.938 bits per heavy atom. The van der Waals surface area contributed by atoms with Crippen molar-refractivity contribution in [3.8, 4) is 0 Å². The highest BCUT2D eigenvalue weighted by molar-refractivity contribution is 4.84. The fourth-order valence-corrected chi connectivity index (χ4v) is 1.03. The highest BCUT2D eigenvalue weighted by atomic mass is 16.6. The maximum absolute atomic E-state index is 10.00. The average Bonchev–Trinajstić information content (AvgIpc) is 2.23. The molecule has 9 nitrogen and oxygen atoms in total. The zero-order valence-electron chi connectivity index (χ0n) is 8.25. The van der Waals surface area contributed by atoms with Crippen LogP contribution in [0.1, 0.15) is 0 Å². The standard InChI is InChI=1S/C7H15NO8/c9-2-4(11)6(13)7(14)5(12)3(10)1-8(15)16/h3-7,9-14H,1-2H2/t3-,4+,5-,6-,7+/m1/s1. The van der Waals surface area contributed by atoms with Gasteiger partial charge in [-0.05, 0) is 0 Å². The predicted octanol–water partition coefficient (Wildman–Crippen LogP) is -3.94. The lowest BCUT2D eigenvalue weighted by Gasteiger charge is -2.26. The Labute approximate surface area is 90.3 Å². The third-order valence-corrected chi connectivity index (χ3v) is 2.01. The molecule has 0 rings (SSSR count). The minimum absolute atomic E-state index is 0.865. The van der Waals surface area contributed by atoms with Gasteiger partial charge >= 0.3 is 0 Å². The first-order valence-corrected chi connectivity index (χ1v) is 4.44. The van der Waals surface area contributed by atoms with E-state index >= 15 is 0 Å². The summed E-state index contributed by atoms with van der Waals surface area (Å²) < 4.78 is 0. The number of rotatable bonds is 7. The first kappa shape index (κ1) is 15.2. The van der Waals surface area contributed by atoms with Crippen molar-refractivity contribution in [1.29, 1.82) is 0 Å². The zero-order chi connectivity index (χ0) is 12.9. The van der Waals surface area contributed by atoms with Gasteiger partial charge in [0.05, 0.1) is 6.61 Å². The van der Waals surface area contributed by atoms with E-state index in [4.69, 9.17) is 20.4 Å². The van der Waals surface area contributed by atoms with E-state index in [2.05, 4.69) is 0 Å². The Morgan fingerprint density at radius 2 is 1.38 bits per heavy atom. The van der Waals surface area contributed by atoms with Crippen LogP contribution in [0.5, 0.6) is 0 Å². The SMILES string of the molecule is O=[N+]([O-])C[C@@H](O)[C@@H](O)[C@H](O)[C@H](O)[C@@H](O)CO. The Bertz CT molecular complexity index is 224. The molecule has 0 bridgehead atoms. The third-order valence-electron chi connectivity index (χ3n) is 2.01. The van der Waals surface area contributed by atoms with Crippen LogP contribution in [0.3, 0.4) is 0 Å². The number of aliphatic hydroxyl groups excluding tert-OH is 6. The fraction of sp³-hybridized carbons (Fsp3) is 1.00. The van der Waals surface area contributed by atoms with Crippen LogP contribution in [0, 0.1) is 10.1 Å². The van der Waals surface area contributed by atoms with Gasteiger partial charge in [0.25, 0.3) is 0 Å². The molecule has 0 aliphatic carbocycles. The van der Waals surface area contributed by atoms with Crippen LogP contribution in [-0.4, -0.2) is 79.2 Å². The van der Waals surface area contributed by atoms with Crippen molar-refractivity contribution < 1.29 is 35.6 Å². The lowest BCUT2D eigenvalue weighted by Crippen LogP contribution is -2.51. The van der Waals surface area contributed by atoms with Crippen LogP contribution < -0.4 is 0 Å². The van der Waals surface area contributed by atoms with E-state index in [1.165, 1.54) is 0 Å². The average molecular weight is 241 g/mol. The van der Waals surface area contributed by atoms with E-state index < -0.39 is 48.6 Å². The summed E-state index contributed by atoms with van der Waals surface area (Å²) in [5, 5.41) is 64.0. The van der Waals surface area contributed by atoms with Gasteiger partial charge in [0.1, 0.15) is 30.5 Å². The van der Waals surface area contributed by atoms with Crippen molar-refractivity contribution in [2.45, 2.75) is 30.5 Å². The van der Waals surface area contributed by atoms with Crippen LogP contribution in [-0.2, 0) is 0 Å². The first-order valence-electron chi connectivity index (χ1n) is 4.44. The van der Waals surface area contributed by atoms with Gasteiger partial charge in [-0.2, -0.15) is 0 Å². The molecule has 0 spiro atoms. The highest BCUT2D eigenvalue weighted by Crippen LogP contribution is 2.08. The number of hydrogen-bond acceptors (Lipinski definition) is 8. The second kappa shape index (κ2) is 6.68. The smallest absolute Gasteiger partial charge is 0.232 e. The Kier molecular flexibility index (Phi) is 6.33. The molecule has 6 N–H and O–H groups in total. The van der Waals surface area contributed by atoms with Gasteiger partial charge in [-0.25, -0.2) is 0 Å². The maximum atomic E-state index is 10.00. The molecule has 0 fully saturated rings. The molecule has 0 aromatic heterocycles. The largest absolute Gasteiger partial charge is 0.394 e. The molecule has 0 aromatic carbocycles. The van der Waals surface area contributed by atoms with Gasteiger partial charge in [0.15, 0.2) is 0 Å². The van der Waals surface area contributed by atoms with Crippen molar-refractivity contribution >= 4 is 0 Å². The fourth-order valence-electron chi connectivity index (χ4n) is 1.03. The topological polar surface area (TPSA) is 165 Å². The zero-order valence-corrected chi connectivity index (χ0v) is 8.25. The molecule has 9 heteroatoms. The van der Waals surface area contributed by atoms with E-state index in [0.717, 1.165) is 0 Å². The third kappa shape index (κ3) is 4.35. The summed E-state index contributed by atoms with van der Waals surface area (Å²) in [6, 6.07) is 0. The first-order chi connectivity index (χ1) is 7.31. The molecule has 0 aromatic rings. The molecule has 0 unspecified atom stereocenters. The van der Waals surface area contributed by atoms with E-state index in [-0.39, 0.29) is 0 Å². The number of hydrogen-bond donors (Lipinski definition) is 6. The second-order valence-electron chi connectivity index (χ2n) is 3.30. The van der Waals surface area contributed by atoms with Crippen molar-refractivity contribution in [1.82, 2.24) is 0 Å². The monoisotopic (exact) mass is 241 g/mol. The lowest BCUT2D eigenvalue weighted by atomic mass is 9.99. The predicted molar refractivity (Wildman–Crippen MR) is 49.0 cm³/mol. The van der Waals surface area contributed by atoms with E-state index in [0.29, 0.717) is 0 Å². The lowest BCUT2D eigenvalue weighted by molar-refractivity contribution is -0.493. The highest BCUT2D eigenvalue weighted by Gasteiger charge is 2.35. The molecular weight excluding hydrogens is 226 g/mol. The van der Waals surface area contributed by atoms with E-state index in [9.17, 15) is 20.3 Å². The maximum Gasteiger partial charge on any atom is 0.232 e. The molecule has 0 aliphatic heterocycles. The summed E-state index contributed by atoms with van der Waals surface area (Å²) in [4.78, 5) is 9.09. The summed E-state index contributed by atoms with van der Waals surface area (Å²) in [6.45, 7) is -1.88. The molecule has 5 atom stereocenters. The normalized spacial score (nSPS) is 20.9. The van der Waals surface area contributed by atoms with Gasteiger partial charge in [0.2, 0.25) is 6.54 Å². The van der Waals surface area contributed by atoms with Crippen LogP contribution in [0.15, 0.2) is 0 Å². The molecule has 96 valence electrons. The van der Waals surface area contributed by atoms with Crippen LogP contribution in [0.2, 0.25) is 0 Å². The summed E-state index contributed by atoms with van der Waals surface area (Å²) in [5.74, 6) is 0. The molecule has 0 radical (unpaired) electrons. The molecular formula is C7H15NO8. The van der Waals surface area contributed by atoms with Crippen molar-refractivity contribution in [3.63, 3.8) is 0 Å².